The van der Waals surface area contributed by atoms with Gasteiger partial charge in [0.05, 0.1) is 28.7 Å². The number of aromatic amines is 1. The molecule has 4 rings (SSSR count). The standard InChI is InChI=1S/C21H21FN4O2/c1-14(27)20-16(22)6-4-8-18(20)26-11-9-25(10-12-26)13-19-23-17-7-3-2-5-15(17)21(28)24-19/h2-8H,9-13H2,1H3,(H,23,24,28). The topological polar surface area (TPSA) is 69.3 Å². The lowest BCUT2D eigenvalue weighted by Crippen LogP contribution is -2.46. The number of Topliss-reactive ketones (excluding diaryl/α,β-unsaturated/α-hetero) is 1. The van der Waals surface area contributed by atoms with E-state index in [1.165, 1.54) is 13.0 Å². The van der Waals surface area contributed by atoms with Gasteiger partial charge in [-0.2, -0.15) is 0 Å². The van der Waals surface area contributed by atoms with Gasteiger partial charge < -0.3 is 9.88 Å². The Morgan fingerprint density at radius 2 is 1.86 bits per heavy atom. The summed E-state index contributed by atoms with van der Waals surface area (Å²) in [5.74, 6) is -0.119. The van der Waals surface area contributed by atoms with Crippen LogP contribution in [-0.4, -0.2) is 46.8 Å². The smallest absolute Gasteiger partial charge is 0.258 e. The molecule has 3 aromatic rings. The summed E-state index contributed by atoms with van der Waals surface area (Å²) >= 11 is 0. The average Bonchev–Trinajstić information content (AvgIpc) is 2.68. The maximum Gasteiger partial charge on any atom is 0.258 e. The average molecular weight is 380 g/mol. The normalized spacial score (nSPS) is 15.1. The van der Waals surface area contributed by atoms with Crippen molar-refractivity contribution in [2.75, 3.05) is 31.1 Å². The first-order valence-electron chi connectivity index (χ1n) is 9.27. The molecule has 1 fully saturated rings. The zero-order chi connectivity index (χ0) is 19.7. The van der Waals surface area contributed by atoms with Crippen molar-refractivity contribution in [3.05, 3.63) is 70.0 Å². The zero-order valence-corrected chi connectivity index (χ0v) is 15.6. The number of para-hydroxylation sites is 1. The van der Waals surface area contributed by atoms with Crippen LogP contribution in [0.5, 0.6) is 0 Å². The van der Waals surface area contributed by atoms with Crippen LogP contribution in [0.3, 0.4) is 0 Å². The molecule has 1 aromatic heterocycles. The number of aromatic nitrogens is 2. The molecule has 6 nitrogen and oxygen atoms in total. The Bertz CT molecular complexity index is 1090. The number of fused-ring (bicyclic) bond motifs is 1. The van der Waals surface area contributed by atoms with Crippen molar-refractivity contribution >= 4 is 22.4 Å². The number of halogens is 1. The molecule has 1 aliphatic heterocycles. The quantitative estimate of drug-likeness (QED) is 0.705. The van der Waals surface area contributed by atoms with Crippen LogP contribution >= 0.6 is 0 Å². The second kappa shape index (κ2) is 7.52. The third-order valence-electron chi connectivity index (χ3n) is 5.09. The minimum absolute atomic E-state index is 0.134. The Hall–Kier alpha value is -3.06. The Morgan fingerprint density at radius 3 is 2.61 bits per heavy atom. The summed E-state index contributed by atoms with van der Waals surface area (Å²) in [6.45, 7) is 4.72. The molecule has 1 saturated heterocycles. The van der Waals surface area contributed by atoms with Gasteiger partial charge in [-0.1, -0.05) is 18.2 Å². The molecule has 7 heteroatoms. The fourth-order valence-corrected chi connectivity index (χ4v) is 3.69. The predicted octanol–water partition coefficient (Wildman–Crippen LogP) is 2.59. The molecule has 0 radical (unpaired) electrons. The highest BCUT2D eigenvalue weighted by molar-refractivity contribution is 6.00. The van der Waals surface area contributed by atoms with E-state index in [2.05, 4.69) is 14.9 Å². The number of hydrogen-bond acceptors (Lipinski definition) is 5. The van der Waals surface area contributed by atoms with E-state index in [9.17, 15) is 14.0 Å². The van der Waals surface area contributed by atoms with Crippen molar-refractivity contribution in [2.45, 2.75) is 13.5 Å². The molecule has 0 unspecified atom stereocenters. The number of carbonyl (C=O) groups is 1. The van der Waals surface area contributed by atoms with Crippen molar-refractivity contribution in [3.63, 3.8) is 0 Å². The van der Waals surface area contributed by atoms with E-state index in [0.29, 0.717) is 42.0 Å². The van der Waals surface area contributed by atoms with Gasteiger partial charge in [0, 0.05) is 26.2 Å². The van der Waals surface area contributed by atoms with E-state index in [-0.39, 0.29) is 16.9 Å². The fourth-order valence-electron chi connectivity index (χ4n) is 3.69. The highest BCUT2D eigenvalue weighted by Crippen LogP contribution is 2.25. The van der Waals surface area contributed by atoms with Crippen LogP contribution in [-0.2, 0) is 6.54 Å². The molecule has 0 amide bonds. The summed E-state index contributed by atoms with van der Waals surface area (Å²) in [5, 5.41) is 0.582. The number of rotatable bonds is 4. The number of benzene rings is 2. The number of H-pyrrole nitrogens is 1. The predicted molar refractivity (Wildman–Crippen MR) is 106 cm³/mol. The van der Waals surface area contributed by atoms with Gasteiger partial charge in [-0.3, -0.25) is 14.5 Å². The lowest BCUT2D eigenvalue weighted by Gasteiger charge is -2.36. The number of hydrogen-bond donors (Lipinski definition) is 1. The van der Waals surface area contributed by atoms with Gasteiger partial charge in [-0.05, 0) is 31.2 Å². The van der Waals surface area contributed by atoms with Gasteiger partial charge >= 0.3 is 0 Å². The number of nitrogens with zero attached hydrogens (tertiary/aromatic N) is 3. The maximum atomic E-state index is 14.1. The molecule has 0 saturated carbocycles. The number of piperazine rings is 1. The Balaban J connectivity index is 1.48. The highest BCUT2D eigenvalue weighted by atomic mass is 19.1. The first-order valence-corrected chi connectivity index (χ1v) is 9.27. The summed E-state index contributed by atoms with van der Waals surface area (Å²) in [5.41, 5.74) is 1.34. The van der Waals surface area contributed by atoms with Crippen molar-refractivity contribution < 1.29 is 9.18 Å². The zero-order valence-electron chi connectivity index (χ0n) is 15.6. The van der Waals surface area contributed by atoms with Gasteiger partial charge in [-0.25, -0.2) is 9.37 Å². The van der Waals surface area contributed by atoms with Gasteiger partial charge in [0.2, 0.25) is 0 Å². The third kappa shape index (κ3) is 3.53. The molecular formula is C21H21FN4O2. The molecule has 144 valence electrons. The van der Waals surface area contributed by atoms with Gasteiger partial charge in [-0.15, -0.1) is 0 Å². The molecule has 0 atom stereocenters. The number of anilines is 1. The summed E-state index contributed by atoms with van der Waals surface area (Å²) < 4.78 is 14.1. The Labute approximate surface area is 161 Å². The van der Waals surface area contributed by atoms with E-state index in [1.54, 1.807) is 18.2 Å². The van der Waals surface area contributed by atoms with E-state index in [0.717, 1.165) is 13.1 Å². The molecule has 0 spiro atoms. The first-order chi connectivity index (χ1) is 13.5. The second-order valence-electron chi connectivity index (χ2n) is 6.98. The summed E-state index contributed by atoms with van der Waals surface area (Å²) in [6.07, 6.45) is 0. The largest absolute Gasteiger partial charge is 0.368 e. The molecule has 28 heavy (non-hydrogen) atoms. The molecule has 2 heterocycles. The van der Waals surface area contributed by atoms with E-state index in [1.807, 2.05) is 23.1 Å². The van der Waals surface area contributed by atoms with Crippen LogP contribution < -0.4 is 10.5 Å². The second-order valence-corrected chi connectivity index (χ2v) is 6.98. The van der Waals surface area contributed by atoms with Gasteiger partial charge in [0.1, 0.15) is 11.6 Å². The Morgan fingerprint density at radius 1 is 1.11 bits per heavy atom. The molecule has 0 bridgehead atoms. The van der Waals surface area contributed by atoms with Crippen LogP contribution in [0.15, 0.2) is 47.3 Å². The van der Waals surface area contributed by atoms with E-state index >= 15 is 0 Å². The minimum Gasteiger partial charge on any atom is -0.368 e. The molecule has 1 aliphatic rings. The molecular weight excluding hydrogens is 359 g/mol. The van der Waals surface area contributed by atoms with Crippen LogP contribution in [0, 0.1) is 5.82 Å². The molecule has 1 N–H and O–H groups in total. The third-order valence-corrected chi connectivity index (χ3v) is 5.09. The van der Waals surface area contributed by atoms with Crippen LogP contribution in [0.1, 0.15) is 23.1 Å². The van der Waals surface area contributed by atoms with Gasteiger partial charge in [0.15, 0.2) is 5.78 Å². The highest BCUT2D eigenvalue weighted by Gasteiger charge is 2.23. The van der Waals surface area contributed by atoms with Crippen molar-refractivity contribution in [1.29, 1.82) is 0 Å². The van der Waals surface area contributed by atoms with Gasteiger partial charge in [0.25, 0.3) is 5.56 Å². The maximum absolute atomic E-state index is 14.1. The van der Waals surface area contributed by atoms with Crippen molar-refractivity contribution in [2.24, 2.45) is 0 Å². The Kier molecular flexibility index (Phi) is 4.92. The van der Waals surface area contributed by atoms with Crippen LogP contribution in [0.4, 0.5) is 10.1 Å². The number of nitrogens with one attached hydrogen (secondary N) is 1. The monoisotopic (exact) mass is 380 g/mol. The number of carbonyl (C=O) groups excluding carboxylic acids is 1. The van der Waals surface area contributed by atoms with Crippen molar-refractivity contribution in [1.82, 2.24) is 14.9 Å². The van der Waals surface area contributed by atoms with E-state index < -0.39 is 5.82 Å². The van der Waals surface area contributed by atoms with E-state index in [4.69, 9.17) is 0 Å². The lowest BCUT2D eigenvalue weighted by molar-refractivity contribution is 0.101. The van der Waals surface area contributed by atoms with Crippen molar-refractivity contribution in [3.8, 4) is 0 Å². The SMILES string of the molecule is CC(=O)c1c(F)cccc1N1CCN(Cc2nc3ccccc3c(=O)[nH]2)CC1. The molecule has 2 aromatic carbocycles. The lowest BCUT2D eigenvalue weighted by atomic mass is 10.1. The summed E-state index contributed by atoms with van der Waals surface area (Å²) in [4.78, 5) is 35.7. The van der Waals surface area contributed by atoms with Crippen LogP contribution in [0.25, 0.3) is 10.9 Å². The summed E-state index contributed by atoms with van der Waals surface area (Å²) in [6, 6.07) is 12.0. The molecule has 0 aliphatic carbocycles. The number of ketones is 1. The fraction of sp³-hybridized carbons (Fsp3) is 0.286. The summed E-state index contributed by atoms with van der Waals surface area (Å²) in [7, 11) is 0. The van der Waals surface area contributed by atoms with Crippen LogP contribution in [0.2, 0.25) is 0 Å². The minimum atomic E-state index is -0.481. The first kappa shape index (κ1) is 18.3.